The third kappa shape index (κ3) is 4.38. The Hall–Kier alpha value is -2.97. The van der Waals surface area contributed by atoms with E-state index in [0.29, 0.717) is 33.5 Å². The molecule has 0 unspecified atom stereocenters. The average Bonchev–Trinajstić information content (AvgIpc) is 3.02. The van der Waals surface area contributed by atoms with Crippen molar-refractivity contribution >= 4 is 46.5 Å². The summed E-state index contributed by atoms with van der Waals surface area (Å²) in [6.07, 6.45) is 1.64. The van der Waals surface area contributed by atoms with Crippen molar-refractivity contribution in [2.45, 2.75) is 0 Å². The summed E-state index contributed by atoms with van der Waals surface area (Å²) >= 11 is 6.83. The van der Waals surface area contributed by atoms with Crippen LogP contribution in [0, 0.1) is 0 Å². The van der Waals surface area contributed by atoms with Gasteiger partial charge in [0.05, 0.1) is 17.0 Å². The largest absolute Gasteiger partial charge is 0.492 e. The lowest BCUT2D eigenvalue weighted by atomic mass is 10.1. The predicted molar refractivity (Wildman–Crippen MR) is 109 cm³/mol. The van der Waals surface area contributed by atoms with Crippen LogP contribution in [-0.4, -0.2) is 41.8 Å². The number of nitrogens with zero attached hydrogens (tertiary/aromatic N) is 1. The van der Waals surface area contributed by atoms with Gasteiger partial charge in [0.25, 0.3) is 17.1 Å². The van der Waals surface area contributed by atoms with Crippen molar-refractivity contribution in [2.75, 3.05) is 19.9 Å². The summed E-state index contributed by atoms with van der Waals surface area (Å²) in [5, 5.41) is 2.32. The van der Waals surface area contributed by atoms with E-state index >= 15 is 0 Å². The zero-order valence-corrected chi connectivity index (χ0v) is 16.6. The Morgan fingerprint density at radius 3 is 2.69 bits per heavy atom. The van der Waals surface area contributed by atoms with Gasteiger partial charge < -0.3 is 14.4 Å². The number of hydrogen-bond acceptors (Lipinski definition) is 6. The topological polar surface area (TPSA) is 84.9 Å². The van der Waals surface area contributed by atoms with Gasteiger partial charge >= 0.3 is 0 Å². The van der Waals surface area contributed by atoms with Crippen LogP contribution in [0.1, 0.15) is 15.9 Å². The van der Waals surface area contributed by atoms with Crippen molar-refractivity contribution in [1.82, 2.24) is 10.2 Å². The normalized spacial score (nSPS) is 17.2. The van der Waals surface area contributed by atoms with E-state index in [1.807, 2.05) is 0 Å². The molecule has 0 radical (unpaired) electrons. The Morgan fingerprint density at radius 1 is 1.17 bits per heavy atom. The van der Waals surface area contributed by atoms with Gasteiger partial charge in [-0.15, -0.1) is 0 Å². The Bertz CT molecular complexity index is 1020. The van der Waals surface area contributed by atoms with Gasteiger partial charge in [-0.1, -0.05) is 23.7 Å². The minimum Gasteiger partial charge on any atom is -0.492 e. The quantitative estimate of drug-likeness (QED) is 0.730. The van der Waals surface area contributed by atoms with Crippen LogP contribution in [0.15, 0.2) is 47.4 Å². The summed E-state index contributed by atoms with van der Waals surface area (Å²) < 4.78 is 11.3. The first-order valence-corrected chi connectivity index (χ1v) is 9.88. The highest BCUT2D eigenvalue weighted by molar-refractivity contribution is 8.18. The van der Waals surface area contributed by atoms with Gasteiger partial charge in [0.15, 0.2) is 6.73 Å². The number of thioether (sulfide) groups is 1. The molecule has 2 aliphatic heterocycles. The van der Waals surface area contributed by atoms with Crippen LogP contribution in [0.5, 0.6) is 11.5 Å². The number of nitrogens with one attached hydrogen (secondary N) is 1. The number of imide groups is 1. The van der Waals surface area contributed by atoms with Crippen LogP contribution in [-0.2, 0) is 4.79 Å². The molecule has 4 rings (SSSR count). The number of carbonyl (C=O) groups excluding carboxylic acids is 3. The summed E-state index contributed by atoms with van der Waals surface area (Å²) in [6.45, 7) is 0.801. The zero-order valence-electron chi connectivity index (χ0n) is 15.0. The monoisotopic (exact) mass is 430 g/mol. The molecule has 148 valence electrons. The Morgan fingerprint density at radius 2 is 1.97 bits per heavy atom. The van der Waals surface area contributed by atoms with Crippen LogP contribution in [0.2, 0.25) is 5.02 Å². The highest BCUT2D eigenvalue weighted by atomic mass is 35.5. The number of ether oxygens (including phenoxy) is 2. The molecule has 29 heavy (non-hydrogen) atoms. The zero-order chi connectivity index (χ0) is 20.4. The van der Waals surface area contributed by atoms with Gasteiger partial charge in [0.2, 0.25) is 0 Å². The smallest absolute Gasteiger partial charge is 0.290 e. The lowest BCUT2D eigenvalue weighted by molar-refractivity contribution is -0.115. The number of carbonyl (C=O) groups is 3. The number of halogens is 1. The van der Waals surface area contributed by atoms with Crippen LogP contribution in [0.3, 0.4) is 0 Å². The molecule has 0 saturated carbocycles. The van der Waals surface area contributed by atoms with Gasteiger partial charge in [-0.25, -0.2) is 0 Å². The molecule has 0 spiro atoms. The summed E-state index contributed by atoms with van der Waals surface area (Å²) in [6, 6.07) is 12.0. The minimum atomic E-state index is -0.392. The number of hydrogen-bond donors (Lipinski definition) is 1. The summed E-state index contributed by atoms with van der Waals surface area (Å²) in [5.74, 6) is 0.607. The van der Waals surface area contributed by atoms with E-state index in [2.05, 4.69) is 5.32 Å². The van der Waals surface area contributed by atoms with E-state index in [1.165, 1.54) is 0 Å². The van der Waals surface area contributed by atoms with Crippen LogP contribution in [0.4, 0.5) is 4.79 Å². The fraction of sp³-hybridized carbons (Fsp3) is 0.150. The number of rotatable bonds is 5. The third-order valence-corrected chi connectivity index (χ3v) is 5.33. The molecule has 2 aliphatic rings. The maximum atomic E-state index is 12.5. The molecular formula is C20H15ClN2O5S. The number of fused-ring (bicyclic) bond motifs is 1. The lowest BCUT2D eigenvalue weighted by Crippen LogP contribution is -2.41. The van der Waals surface area contributed by atoms with Gasteiger partial charge in [-0.05, 0) is 53.7 Å². The van der Waals surface area contributed by atoms with E-state index in [0.717, 1.165) is 17.3 Å². The van der Waals surface area contributed by atoms with Crippen molar-refractivity contribution in [2.24, 2.45) is 0 Å². The fourth-order valence-corrected chi connectivity index (χ4v) is 3.70. The molecule has 1 fully saturated rings. The molecule has 2 aromatic rings. The second-order valence-corrected chi connectivity index (χ2v) is 7.70. The molecule has 3 amide bonds. The number of benzene rings is 2. The van der Waals surface area contributed by atoms with E-state index in [4.69, 9.17) is 21.1 Å². The summed E-state index contributed by atoms with van der Waals surface area (Å²) in [4.78, 5) is 37.2. The Kier molecular flexibility index (Phi) is 5.46. The second-order valence-electron chi connectivity index (χ2n) is 6.25. The molecular weight excluding hydrogens is 416 g/mol. The molecule has 7 nitrogen and oxygen atoms in total. The summed E-state index contributed by atoms with van der Waals surface area (Å²) in [5.41, 5.74) is 1.21. The van der Waals surface area contributed by atoms with Gasteiger partial charge in [-0.3, -0.25) is 19.7 Å². The molecule has 1 N–H and O–H groups in total. The maximum absolute atomic E-state index is 12.5. The second kappa shape index (κ2) is 8.18. The van der Waals surface area contributed by atoms with Gasteiger partial charge in [-0.2, -0.15) is 0 Å². The van der Waals surface area contributed by atoms with E-state index in [9.17, 15) is 14.4 Å². The van der Waals surface area contributed by atoms with Crippen LogP contribution >= 0.6 is 23.4 Å². The highest BCUT2D eigenvalue weighted by Crippen LogP contribution is 2.28. The van der Waals surface area contributed by atoms with E-state index < -0.39 is 5.91 Å². The predicted octanol–water partition coefficient (Wildman–Crippen LogP) is 3.54. The first kappa shape index (κ1) is 19.4. The SMILES string of the molecule is O=C1NC(=O)C(=Cc2ccc(OCCN3COc4ccc(Cl)cc4C3=O)cc2)S1. The first-order chi connectivity index (χ1) is 14.0. The van der Waals surface area contributed by atoms with Crippen molar-refractivity contribution < 1.29 is 23.9 Å². The molecule has 0 bridgehead atoms. The van der Waals surface area contributed by atoms with Crippen LogP contribution in [0.25, 0.3) is 6.08 Å². The molecule has 0 atom stereocenters. The fourth-order valence-electron chi connectivity index (χ4n) is 2.84. The molecule has 0 aliphatic carbocycles. The van der Waals surface area contributed by atoms with E-state index in [1.54, 1.807) is 53.4 Å². The first-order valence-electron chi connectivity index (χ1n) is 8.69. The van der Waals surface area contributed by atoms with Crippen molar-refractivity contribution in [3.05, 3.63) is 63.5 Å². The molecule has 2 aromatic carbocycles. The van der Waals surface area contributed by atoms with Gasteiger partial charge in [0, 0.05) is 5.02 Å². The molecule has 1 saturated heterocycles. The molecule has 0 aromatic heterocycles. The lowest BCUT2D eigenvalue weighted by Gasteiger charge is -2.28. The third-order valence-electron chi connectivity index (χ3n) is 4.28. The van der Waals surface area contributed by atoms with E-state index in [-0.39, 0.29) is 24.5 Å². The van der Waals surface area contributed by atoms with Crippen molar-refractivity contribution in [3.8, 4) is 11.5 Å². The maximum Gasteiger partial charge on any atom is 0.290 e. The Balaban J connectivity index is 1.32. The minimum absolute atomic E-state index is 0.152. The molecule has 2 heterocycles. The van der Waals surface area contributed by atoms with Crippen molar-refractivity contribution in [3.63, 3.8) is 0 Å². The van der Waals surface area contributed by atoms with Gasteiger partial charge in [0.1, 0.15) is 18.1 Å². The average molecular weight is 431 g/mol. The summed E-state index contributed by atoms with van der Waals surface area (Å²) in [7, 11) is 0. The van der Waals surface area contributed by atoms with Crippen molar-refractivity contribution in [1.29, 1.82) is 0 Å². The Labute approximate surface area is 175 Å². The molecule has 9 heteroatoms. The highest BCUT2D eigenvalue weighted by Gasteiger charge is 2.26. The van der Waals surface area contributed by atoms with Crippen LogP contribution < -0.4 is 14.8 Å². The standard InChI is InChI=1S/C20H15ClN2O5S/c21-13-3-6-16-15(10-13)19(25)23(11-28-16)7-8-27-14-4-1-12(2-5-14)9-17-18(24)22-20(26)29-17/h1-6,9-10H,7-8,11H2,(H,22,24,26). The number of amides is 3.